The Morgan fingerprint density at radius 1 is 1.24 bits per heavy atom. The molecule has 0 aliphatic heterocycles. The monoisotopic (exact) mass is 330 g/mol. The number of halogens is 2. The summed E-state index contributed by atoms with van der Waals surface area (Å²) in [5.41, 5.74) is 0.836. The van der Waals surface area contributed by atoms with Crippen LogP contribution in [0.15, 0.2) is 18.2 Å². The van der Waals surface area contributed by atoms with Gasteiger partial charge in [-0.25, -0.2) is 0 Å². The molecule has 0 fully saturated rings. The second-order valence-electron chi connectivity index (χ2n) is 4.69. The van der Waals surface area contributed by atoms with E-state index in [0.29, 0.717) is 29.6 Å². The number of nitrogens with zero attached hydrogens (tertiary/aromatic N) is 1. The van der Waals surface area contributed by atoms with Gasteiger partial charge in [0.25, 0.3) is 0 Å². The first-order valence-electron chi connectivity index (χ1n) is 6.91. The zero-order valence-corrected chi connectivity index (χ0v) is 14.0. The van der Waals surface area contributed by atoms with E-state index in [1.165, 1.54) is 0 Å². The van der Waals surface area contributed by atoms with Gasteiger partial charge in [0.2, 0.25) is 11.8 Å². The lowest BCUT2D eigenvalue weighted by Crippen LogP contribution is -2.47. The summed E-state index contributed by atoms with van der Waals surface area (Å²) in [6, 6.07) is 4.66. The van der Waals surface area contributed by atoms with E-state index in [0.717, 1.165) is 5.56 Å². The number of benzene rings is 1. The van der Waals surface area contributed by atoms with E-state index in [1.54, 1.807) is 36.9 Å². The van der Waals surface area contributed by atoms with Crippen molar-refractivity contribution in [2.75, 3.05) is 6.54 Å². The van der Waals surface area contributed by atoms with Crippen molar-refractivity contribution >= 4 is 35.0 Å². The van der Waals surface area contributed by atoms with Gasteiger partial charge >= 0.3 is 0 Å². The molecule has 6 heteroatoms. The maximum Gasteiger partial charge on any atom is 0.242 e. The molecule has 116 valence electrons. The lowest BCUT2D eigenvalue weighted by atomic mass is 10.1. The molecule has 4 nitrogen and oxygen atoms in total. The van der Waals surface area contributed by atoms with Gasteiger partial charge in [0, 0.05) is 19.5 Å². The van der Waals surface area contributed by atoms with E-state index >= 15 is 0 Å². The number of carbonyl (C=O) groups is 2. The van der Waals surface area contributed by atoms with E-state index in [9.17, 15) is 9.59 Å². The Bertz CT molecular complexity index is 520. The van der Waals surface area contributed by atoms with Gasteiger partial charge < -0.3 is 10.2 Å². The first-order valence-corrected chi connectivity index (χ1v) is 7.67. The molecule has 0 unspecified atom stereocenters. The number of hydrogen-bond acceptors (Lipinski definition) is 2. The number of nitrogens with one attached hydrogen (secondary N) is 1. The minimum atomic E-state index is -0.535. The first-order chi connectivity index (χ1) is 9.90. The summed E-state index contributed by atoms with van der Waals surface area (Å²) in [6.45, 7) is 6.19. The summed E-state index contributed by atoms with van der Waals surface area (Å²) in [5, 5.41) is 3.63. The Morgan fingerprint density at radius 2 is 1.90 bits per heavy atom. The van der Waals surface area contributed by atoms with Gasteiger partial charge in [0.15, 0.2) is 0 Å². The van der Waals surface area contributed by atoms with Crippen LogP contribution in [0.5, 0.6) is 0 Å². The molecule has 0 aromatic heterocycles. The van der Waals surface area contributed by atoms with Crippen LogP contribution >= 0.6 is 23.2 Å². The van der Waals surface area contributed by atoms with Crippen molar-refractivity contribution in [3.05, 3.63) is 33.8 Å². The van der Waals surface area contributed by atoms with Crippen molar-refractivity contribution in [2.24, 2.45) is 0 Å². The highest BCUT2D eigenvalue weighted by Gasteiger charge is 2.24. The van der Waals surface area contributed by atoms with Gasteiger partial charge in [0.1, 0.15) is 6.04 Å². The zero-order chi connectivity index (χ0) is 16.0. The molecule has 0 aliphatic rings. The highest BCUT2D eigenvalue weighted by Crippen LogP contribution is 2.23. The maximum absolute atomic E-state index is 12.1. The molecule has 0 heterocycles. The van der Waals surface area contributed by atoms with Gasteiger partial charge in [-0.15, -0.1) is 0 Å². The molecule has 1 aromatic carbocycles. The molecule has 0 aliphatic carbocycles. The van der Waals surface area contributed by atoms with Crippen molar-refractivity contribution in [3.8, 4) is 0 Å². The Kier molecular flexibility index (Phi) is 6.99. The fraction of sp³-hybridized carbons (Fsp3) is 0.467. The lowest BCUT2D eigenvalue weighted by Gasteiger charge is -2.28. The average Bonchev–Trinajstić information content (AvgIpc) is 2.47. The van der Waals surface area contributed by atoms with Crippen molar-refractivity contribution in [2.45, 2.75) is 39.8 Å². The third kappa shape index (κ3) is 4.90. The third-order valence-corrected chi connectivity index (χ3v) is 3.90. The molecule has 0 saturated carbocycles. The molecule has 0 saturated heterocycles. The van der Waals surface area contributed by atoms with E-state index in [1.807, 2.05) is 6.92 Å². The molecule has 1 rings (SSSR count). The van der Waals surface area contributed by atoms with Crippen LogP contribution in [-0.4, -0.2) is 29.3 Å². The SMILES string of the molecule is CCNC(=O)[C@@H](C)N(Cc1ccc(Cl)c(Cl)c1)C(=O)CC. The van der Waals surface area contributed by atoms with Crippen LogP contribution < -0.4 is 5.32 Å². The largest absolute Gasteiger partial charge is 0.355 e. The predicted molar refractivity (Wildman–Crippen MR) is 85.4 cm³/mol. The molecule has 0 radical (unpaired) electrons. The zero-order valence-electron chi connectivity index (χ0n) is 12.5. The van der Waals surface area contributed by atoms with Gasteiger partial charge in [0.05, 0.1) is 10.0 Å². The second-order valence-corrected chi connectivity index (χ2v) is 5.51. The van der Waals surface area contributed by atoms with Gasteiger partial charge in [-0.05, 0) is 31.5 Å². The molecule has 0 spiro atoms. The number of rotatable bonds is 6. The van der Waals surface area contributed by atoms with Crippen molar-refractivity contribution < 1.29 is 9.59 Å². The van der Waals surface area contributed by atoms with Crippen molar-refractivity contribution in [3.63, 3.8) is 0 Å². The second kappa shape index (κ2) is 8.25. The van der Waals surface area contributed by atoms with E-state index in [2.05, 4.69) is 5.32 Å². The summed E-state index contributed by atoms with van der Waals surface area (Å²) in [6.07, 6.45) is 0.338. The topological polar surface area (TPSA) is 49.4 Å². The Labute approximate surface area is 135 Å². The summed E-state index contributed by atoms with van der Waals surface area (Å²) < 4.78 is 0. The van der Waals surface area contributed by atoms with Crippen LogP contribution in [0.1, 0.15) is 32.8 Å². The molecule has 21 heavy (non-hydrogen) atoms. The smallest absolute Gasteiger partial charge is 0.242 e. The highest BCUT2D eigenvalue weighted by atomic mass is 35.5. The third-order valence-electron chi connectivity index (χ3n) is 3.16. The van der Waals surface area contributed by atoms with Crippen LogP contribution in [0.25, 0.3) is 0 Å². The minimum absolute atomic E-state index is 0.0835. The summed E-state index contributed by atoms with van der Waals surface area (Å²) in [4.78, 5) is 25.6. The van der Waals surface area contributed by atoms with E-state index in [-0.39, 0.29) is 11.8 Å². The summed E-state index contributed by atoms with van der Waals surface area (Å²) in [5.74, 6) is -0.251. The van der Waals surface area contributed by atoms with E-state index < -0.39 is 6.04 Å². The molecule has 1 N–H and O–H groups in total. The fourth-order valence-electron chi connectivity index (χ4n) is 1.94. The van der Waals surface area contributed by atoms with Crippen LogP contribution in [0.2, 0.25) is 10.0 Å². The molecule has 0 bridgehead atoms. The highest BCUT2D eigenvalue weighted by molar-refractivity contribution is 6.42. The Hall–Kier alpha value is -1.26. The number of likely N-dealkylation sites (N-methyl/N-ethyl adjacent to an activating group) is 1. The fourth-order valence-corrected chi connectivity index (χ4v) is 2.26. The summed E-state index contributed by atoms with van der Waals surface area (Å²) in [7, 11) is 0. The molecule has 2 amide bonds. The number of carbonyl (C=O) groups excluding carboxylic acids is 2. The first kappa shape index (κ1) is 17.8. The van der Waals surface area contributed by atoms with Crippen LogP contribution in [0, 0.1) is 0 Å². The molecule has 1 atom stereocenters. The molecular weight excluding hydrogens is 311 g/mol. The standard InChI is InChI=1S/C15H20Cl2N2O2/c1-4-14(20)19(10(3)15(21)18-5-2)9-11-6-7-12(16)13(17)8-11/h6-8,10H,4-5,9H2,1-3H3,(H,18,21)/t10-/m1/s1. The van der Waals surface area contributed by atoms with E-state index in [4.69, 9.17) is 23.2 Å². The van der Waals surface area contributed by atoms with Crippen LogP contribution in [-0.2, 0) is 16.1 Å². The van der Waals surface area contributed by atoms with Crippen molar-refractivity contribution in [1.29, 1.82) is 0 Å². The summed E-state index contributed by atoms with van der Waals surface area (Å²) >= 11 is 11.9. The quantitative estimate of drug-likeness (QED) is 0.870. The average molecular weight is 331 g/mol. The van der Waals surface area contributed by atoms with Gasteiger partial charge in [-0.1, -0.05) is 36.2 Å². The predicted octanol–water partition coefficient (Wildman–Crippen LogP) is 3.26. The lowest BCUT2D eigenvalue weighted by molar-refractivity contribution is -0.140. The maximum atomic E-state index is 12.1. The molecular formula is C15H20Cl2N2O2. The van der Waals surface area contributed by atoms with Gasteiger partial charge in [-0.3, -0.25) is 9.59 Å². The van der Waals surface area contributed by atoms with Crippen LogP contribution in [0.3, 0.4) is 0 Å². The number of amides is 2. The normalized spacial score (nSPS) is 11.9. The molecule has 1 aromatic rings. The Balaban J connectivity index is 2.95. The number of hydrogen-bond donors (Lipinski definition) is 1. The van der Waals surface area contributed by atoms with Gasteiger partial charge in [-0.2, -0.15) is 0 Å². The van der Waals surface area contributed by atoms with Crippen LogP contribution in [0.4, 0.5) is 0 Å². The minimum Gasteiger partial charge on any atom is -0.355 e. The Morgan fingerprint density at radius 3 is 2.43 bits per heavy atom. The van der Waals surface area contributed by atoms with Crippen molar-refractivity contribution in [1.82, 2.24) is 10.2 Å².